The zero-order valence-electron chi connectivity index (χ0n) is 13.8. The molecule has 2 N–H and O–H groups in total. The van der Waals surface area contributed by atoms with E-state index in [1.165, 1.54) is 25.7 Å². The molecule has 0 bridgehead atoms. The molecule has 5 heteroatoms. The number of halogens is 1. The Labute approximate surface area is 150 Å². The lowest BCUT2D eigenvalue weighted by molar-refractivity contribution is 0.436. The van der Waals surface area contributed by atoms with Crippen molar-refractivity contribution in [3.8, 4) is 0 Å². The van der Waals surface area contributed by atoms with Crippen molar-refractivity contribution in [1.29, 1.82) is 0 Å². The second kappa shape index (κ2) is 7.23. The van der Waals surface area contributed by atoms with Gasteiger partial charge in [0, 0.05) is 13.1 Å². The summed E-state index contributed by atoms with van der Waals surface area (Å²) in [4.78, 5) is 4.83. The van der Waals surface area contributed by atoms with Gasteiger partial charge >= 0.3 is 0 Å². The van der Waals surface area contributed by atoms with Gasteiger partial charge in [0.1, 0.15) is 11.5 Å². The molecule has 124 valence electrons. The van der Waals surface area contributed by atoms with Gasteiger partial charge in [0.25, 0.3) is 0 Å². The lowest BCUT2D eigenvalue weighted by Gasteiger charge is -2.18. The summed E-state index contributed by atoms with van der Waals surface area (Å²) in [6, 6.07) is 4.17. The molecule has 0 spiro atoms. The number of nitrogens with one attached hydrogen (secondary N) is 2. The minimum absolute atomic E-state index is 0. The van der Waals surface area contributed by atoms with Crippen LogP contribution in [0.15, 0.2) is 21.5 Å². The molecule has 1 atom stereocenters. The van der Waals surface area contributed by atoms with Crippen LogP contribution in [0, 0.1) is 18.3 Å². The molecule has 3 rings (SSSR count). The summed E-state index contributed by atoms with van der Waals surface area (Å²) in [5, 5.41) is 6.80. The van der Waals surface area contributed by atoms with Crippen LogP contribution in [0.2, 0.25) is 0 Å². The third-order valence-corrected chi connectivity index (χ3v) is 4.77. The lowest BCUT2D eigenvalue weighted by Crippen LogP contribution is -2.39. The second-order valence-electron chi connectivity index (χ2n) is 6.65. The van der Waals surface area contributed by atoms with Crippen molar-refractivity contribution in [2.75, 3.05) is 13.1 Å². The average molecular weight is 417 g/mol. The van der Waals surface area contributed by atoms with Crippen molar-refractivity contribution >= 4 is 29.9 Å². The Morgan fingerprint density at radius 1 is 1.41 bits per heavy atom. The summed E-state index contributed by atoms with van der Waals surface area (Å²) in [6.07, 6.45) is 5.57. The molecule has 0 aliphatic heterocycles. The zero-order chi connectivity index (χ0) is 14.9. The molecule has 1 unspecified atom stereocenters. The lowest BCUT2D eigenvalue weighted by atomic mass is 10.0. The van der Waals surface area contributed by atoms with Gasteiger partial charge in [-0.15, -0.1) is 24.0 Å². The van der Waals surface area contributed by atoms with Crippen LogP contribution in [-0.2, 0) is 0 Å². The highest BCUT2D eigenvalue weighted by atomic mass is 127. The van der Waals surface area contributed by atoms with E-state index in [9.17, 15) is 0 Å². The first-order valence-corrected chi connectivity index (χ1v) is 8.24. The Kier molecular flexibility index (Phi) is 5.80. The molecular formula is C17H28IN3O. The van der Waals surface area contributed by atoms with Crippen LogP contribution in [0.5, 0.6) is 0 Å². The van der Waals surface area contributed by atoms with E-state index in [0.717, 1.165) is 36.5 Å². The van der Waals surface area contributed by atoms with Crippen LogP contribution in [-0.4, -0.2) is 19.0 Å². The Hall–Kier alpha value is -0.720. The van der Waals surface area contributed by atoms with Crippen LogP contribution < -0.4 is 10.6 Å². The standard InChI is InChI=1S/C17H27N3O.HI/c1-4-18-16(19-11-17(9-10-17)14-6-7-14)20-13(3)15-8-5-12(2)21-15;/h5,8,13-14H,4,6-7,9-11H2,1-3H3,(H2,18,19,20);1H. The van der Waals surface area contributed by atoms with Gasteiger partial charge in [-0.1, -0.05) is 0 Å². The normalized spacial score (nSPS) is 21.0. The van der Waals surface area contributed by atoms with Crippen LogP contribution in [0.3, 0.4) is 0 Å². The number of rotatable bonds is 6. The van der Waals surface area contributed by atoms with E-state index in [0.29, 0.717) is 5.41 Å². The average Bonchev–Trinajstić information content (AvgIpc) is 3.35. The number of nitrogens with zero attached hydrogens (tertiary/aromatic N) is 1. The van der Waals surface area contributed by atoms with Crippen LogP contribution >= 0.6 is 24.0 Å². The van der Waals surface area contributed by atoms with E-state index in [1.54, 1.807) is 0 Å². The molecule has 2 fully saturated rings. The summed E-state index contributed by atoms with van der Waals surface area (Å²) in [7, 11) is 0. The molecule has 0 radical (unpaired) electrons. The number of guanidine groups is 1. The van der Waals surface area contributed by atoms with Gasteiger partial charge < -0.3 is 15.1 Å². The second-order valence-corrected chi connectivity index (χ2v) is 6.65. The van der Waals surface area contributed by atoms with Crippen molar-refractivity contribution in [3.63, 3.8) is 0 Å². The van der Waals surface area contributed by atoms with E-state index >= 15 is 0 Å². The smallest absolute Gasteiger partial charge is 0.191 e. The molecule has 22 heavy (non-hydrogen) atoms. The first-order valence-electron chi connectivity index (χ1n) is 8.24. The summed E-state index contributed by atoms with van der Waals surface area (Å²) in [6.45, 7) is 8.04. The summed E-state index contributed by atoms with van der Waals surface area (Å²) in [5.74, 6) is 3.77. The molecule has 2 aliphatic carbocycles. The number of aryl methyl sites for hydroxylation is 1. The first-order chi connectivity index (χ1) is 10.1. The molecular weight excluding hydrogens is 389 g/mol. The Morgan fingerprint density at radius 2 is 2.14 bits per heavy atom. The number of furan rings is 1. The van der Waals surface area contributed by atoms with E-state index < -0.39 is 0 Å². The Morgan fingerprint density at radius 3 is 2.64 bits per heavy atom. The van der Waals surface area contributed by atoms with Gasteiger partial charge in [0.05, 0.1) is 6.04 Å². The largest absolute Gasteiger partial charge is 0.464 e. The van der Waals surface area contributed by atoms with Crippen LogP contribution in [0.25, 0.3) is 0 Å². The summed E-state index contributed by atoms with van der Waals surface area (Å²) < 4.78 is 5.69. The van der Waals surface area contributed by atoms with Crippen molar-refractivity contribution in [2.45, 2.75) is 52.5 Å². The summed E-state index contributed by atoms with van der Waals surface area (Å²) in [5.41, 5.74) is 0.548. The zero-order valence-corrected chi connectivity index (χ0v) is 16.1. The van der Waals surface area contributed by atoms with E-state index in [1.807, 2.05) is 19.1 Å². The fourth-order valence-electron chi connectivity index (χ4n) is 3.07. The number of hydrogen-bond acceptors (Lipinski definition) is 2. The van der Waals surface area contributed by atoms with Gasteiger partial charge in [0.2, 0.25) is 0 Å². The van der Waals surface area contributed by atoms with Crippen LogP contribution in [0.4, 0.5) is 0 Å². The van der Waals surface area contributed by atoms with Crippen molar-refractivity contribution < 1.29 is 4.42 Å². The maximum Gasteiger partial charge on any atom is 0.191 e. The number of aliphatic imine (C=N–C) groups is 1. The SMILES string of the molecule is CCNC(=NCC1(C2CC2)CC1)NC(C)c1ccc(C)o1.I. The van der Waals surface area contributed by atoms with Gasteiger partial charge in [-0.3, -0.25) is 4.99 Å². The monoisotopic (exact) mass is 417 g/mol. The molecule has 0 saturated heterocycles. The minimum atomic E-state index is 0. The fraction of sp³-hybridized carbons (Fsp3) is 0.706. The fourth-order valence-corrected chi connectivity index (χ4v) is 3.07. The van der Waals surface area contributed by atoms with E-state index in [4.69, 9.17) is 9.41 Å². The van der Waals surface area contributed by atoms with Crippen molar-refractivity contribution in [3.05, 3.63) is 23.7 Å². The Bertz CT molecular complexity index is 518. The molecule has 0 amide bonds. The van der Waals surface area contributed by atoms with Crippen molar-refractivity contribution in [2.24, 2.45) is 16.3 Å². The van der Waals surface area contributed by atoms with Crippen LogP contribution in [0.1, 0.15) is 57.1 Å². The summed E-state index contributed by atoms with van der Waals surface area (Å²) >= 11 is 0. The first kappa shape index (κ1) is 17.6. The van der Waals surface area contributed by atoms with E-state index in [2.05, 4.69) is 24.5 Å². The topological polar surface area (TPSA) is 49.6 Å². The highest BCUT2D eigenvalue weighted by Crippen LogP contribution is 2.61. The molecule has 1 heterocycles. The predicted octanol–water partition coefficient (Wildman–Crippen LogP) is 4.01. The maximum atomic E-state index is 5.69. The van der Waals surface area contributed by atoms with Gasteiger partial charge in [-0.25, -0.2) is 0 Å². The Balaban J connectivity index is 0.00000176. The van der Waals surface area contributed by atoms with Crippen molar-refractivity contribution in [1.82, 2.24) is 10.6 Å². The third-order valence-electron chi connectivity index (χ3n) is 4.77. The quantitative estimate of drug-likeness (QED) is 0.418. The van der Waals surface area contributed by atoms with Gasteiger partial charge in [-0.2, -0.15) is 0 Å². The highest BCUT2D eigenvalue weighted by Gasteiger charge is 2.53. The molecule has 0 aromatic carbocycles. The molecule has 4 nitrogen and oxygen atoms in total. The number of hydrogen-bond donors (Lipinski definition) is 2. The molecule has 1 aromatic heterocycles. The predicted molar refractivity (Wildman–Crippen MR) is 101 cm³/mol. The minimum Gasteiger partial charge on any atom is -0.464 e. The maximum absolute atomic E-state index is 5.69. The van der Waals surface area contributed by atoms with Gasteiger partial charge in [0.15, 0.2) is 5.96 Å². The molecule has 2 aliphatic rings. The van der Waals surface area contributed by atoms with Gasteiger partial charge in [-0.05, 0) is 69.9 Å². The highest BCUT2D eigenvalue weighted by molar-refractivity contribution is 14.0. The van der Waals surface area contributed by atoms with E-state index in [-0.39, 0.29) is 30.0 Å². The molecule has 2 saturated carbocycles. The molecule has 1 aromatic rings. The third kappa shape index (κ3) is 4.18.